The lowest BCUT2D eigenvalue weighted by Gasteiger charge is -2.09. The van der Waals surface area contributed by atoms with Gasteiger partial charge in [-0.15, -0.1) is 13.2 Å². The molecule has 17 heavy (non-hydrogen) atoms. The topological polar surface area (TPSA) is 21.3 Å². The Hall–Kier alpha value is -1.69. The van der Waals surface area contributed by atoms with Crippen LogP contribution in [0.5, 0.6) is 5.75 Å². The van der Waals surface area contributed by atoms with E-state index in [0.29, 0.717) is 5.69 Å². The van der Waals surface area contributed by atoms with Gasteiger partial charge in [0.25, 0.3) is 0 Å². The predicted molar refractivity (Wildman–Crippen MR) is 60.7 cm³/mol. The second-order valence-corrected chi connectivity index (χ2v) is 3.99. The van der Waals surface area contributed by atoms with E-state index in [0.717, 1.165) is 5.69 Å². The summed E-state index contributed by atoms with van der Waals surface area (Å²) >= 11 is 1.53. The highest BCUT2D eigenvalue weighted by molar-refractivity contribution is 7.08. The van der Waals surface area contributed by atoms with Crippen molar-refractivity contribution in [3.8, 4) is 5.75 Å². The minimum atomic E-state index is -4.65. The normalized spacial score (nSPS) is 11.2. The molecule has 0 bridgehead atoms. The minimum absolute atomic E-state index is 0.228. The van der Waals surface area contributed by atoms with E-state index in [-0.39, 0.29) is 5.75 Å². The number of halogens is 3. The molecule has 0 aliphatic heterocycles. The first-order valence-corrected chi connectivity index (χ1v) is 5.62. The molecule has 2 aromatic rings. The number of ether oxygens (including phenoxy) is 1. The zero-order valence-corrected chi connectivity index (χ0v) is 9.31. The van der Waals surface area contributed by atoms with E-state index >= 15 is 0 Å². The number of hydrogen-bond acceptors (Lipinski definition) is 3. The molecule has 0 radical (unpaired) electrons. The number of anilines is 2. The highest BCUT2D eigenvalue weighted by Gasteiger charge is 2.30. The van der Waals surface area contributed by atoms with E-state index in [2.05, 4.69) is 10.1 Å². The van der Waals surface area contributed by atoms with Gasteiger partial charge in [0.2, 0.25) is 0 Å². The molecule has 0 aliphatic rings. The Morgan fingerprint density at radius 2 is 1.71 bits per heavy atom. The monoisotopic (exact) mass is 259 g/mol. The van der Waals surface area contributed by atoms with Crippen LogP contribution in [-0.2, 0) is 0 Å². The quantitative estimate of drug-likeness (QED) is 0.882. The molecule has 0 saturated heterocycles. The summed E-state index contributed by atoms with van der Waals surface area (Å²) in [4.78, 5) is 0. The molecule has 0 fully saturated rings. The van der Waals surface area contributed by atoms with E-state index < -0.39 is 6.36 Å². The van der Waals surface area contributed by atoms with Gasteiger partial charge in [-0.3, -0.25) is 0 Å². The SMILES string of the molecule is FC(F)(F)Oc1ccc(Nc2ccsc2)cc1. The standard InChI is InChI=1S/C11H8F3NOS/c12-11(13,14)16-10-3-1-8(2-4-10)15-9-5-6-17-7-9/h1-7,15H. The van der Waals surface area contributed by atoms with Crippen molar-refractivity contribution in [2.45, 2.75) is 6.36 Å². The summed E-state index contributed by atoms with van der Waals surface area (Å²) in [5, 5.41) is 6.86. The van der Waals surface area contributed by atoms with Gasteiger partial charge in [0.1, 0.15) is 5.75 Å². The lowest BCUT2D eigenvalue weighted by molar-refractivity contribution is -0.274. The molecule has 1 aromatic heterocycles. The number of benzene rings is 1. The van der Waals surface area contributed by atoms with Crippen LogP contribution >= 0.6 is 11.3 Å². The molecule has 0 saturated carbocycles. The van der Waals surface area contributed by atoms with Crippen LogP contribution in [0.4, 0.5) is 24.5 Å². The summed E-state index contributed by atoms with van der Waals surface area (Å²) in [6.07, 6.45) is -4.65. The fourth-order valence-electron chi connectivity index (χ4n) is 1.24. The summed E-state index contributed by atoms with van der Waals surface area (Å²) in [7, 11) is 0. The summed E-state index contributed by atoms with van der Waals surface area (Å²) in [5.74, 6) is -0.228. The summed E-state index contributed by atoms with van der Waals surface area (Å²) in [5.41, 5.74) is 1.61. The van der Waals surface area contributed by atoms with Gasteiger partial charge in [-0.2, -0.15) is 11.3 Å². The van der Waals surface area contributed by atoms with Gasteiger partial charge in [0, 0.05) is 16.8 Å². The average Bonchev–Trinajstić information content (AvgIpc) is 2.71. The Bertz CT molecular complexity index is 464. The van der Waals surface area contributed by atoms with Crippen molar-refractivity contribution in [1.29, 1.82) is 0 Å². The molecule has 1 heterocycles. The van der Waals surface area contributed by atoms with Crippen LogP contribution in [0.3, 0.4) is 0 Å². The van der Waals surface area contributed by atoms with Crippen LogP contribution in [0.2, 0.25) is 0 Å². The van der Waals surface area contributed by atoms with Crippen LogP contribution in [0.15, 0.2) is 41.1 Å². The Kier molecular flexibility index (Phi) is 3.23. The second kappa shape index (κ2) is 4.67. The summed E-state index contributed by atoms with van der Waals surface area (Å²) < 4.78 is 39.5. The first kappa shape index (κ1) is 11.8. The van der Waals surface area contributed by atoms with Crippen molar-refractivity contribution in [2.75, 3.05) is 5.32 Å². The molecule has 2 nitrogen and oxygen atoms in total. The van der Waals surface area contributed by atoms with Gasteiger partial charge in [-0.25, -0.2) is 0 Å². The lowest BCUT2D eigenvalue weighted by atomic mass is 10.3. The third-order valence-electron chi connectivity index (χ3n) is 1.90. The van der Waals surface area contributed by atoms with Crippen LogP contribution in [0, 0.1) is 0 Å². The van der Waals surface area contributed by atoms with Crippen molar-refractivity contribution >= 4 is 22.7 Å². The van der Waals surface area contributed by atoms with Crippen molar-refractivity contribution in [1.82, 2.24) is 0 Å². The molecule has 90 valence electrons. The van der Waals surface area contributed by atoms with Gasteiger partial charge < -0.3 is 10.1 Å². The number of hydrogen-bond donors (Lipinski definition) is 1. The van der Waals surface area contributed by atoms with Gasteiger partial charge in [0.05, 0.1) is 0 Å². The second-order valence-electron chi connectivity index (χ2n) is 3.21. The number of thiophene rings is 1. The van der Waals surface area contributed by atoms with E-state index in [1.54, 1.807) is 0 Å². The minimum Gasteiger partial charge on any atom is -0.406 e. The van der Waals surface area contributed by atoms with E-state index in [1.807, 2.05) is 16.8 Å². The lowest BCUT2D eigenvalue weighted by Crippen LogP contribution is -2.16. The van der Waals surface area contributed by atoms with Crippen molar-refractivity contribution in [3.05, 3.63) is 41.1 Å². The number of alkyl halides is 3. The molecular weight excluding hydrogens is 251 g/mol. The van der Waals surface area contributed by atoms with Gasteiger partial charge >= 0.3 is 6.36 Å². The average molecular weight is 259 g/mol. The van der Waals surface area contributed by atoms with Gasteiger partial charge in [-0.1, -0.05) is 0 Å². The Morgan fingerprint density at radius 3 is 2.24 bits per heavy atom. The maximum absolute atomic E-state index is 11.9. The van der Waals surface area contributed by atoms with Crippen molar-refractivity contribution in [2.24, 2.45) is 0 Å². The third-order valence-corrected chi connectivity index (χ3v) is 2.58. The first-order chi connectivity index (χ1) is 8.03. The Morgan fingerprint density at radius 1 is 1.00 bits per heavy atom. The third kappa shape index (κ3) is 3.67. The summed E-state index contributed by atoms with van der Waals surface area (Å²) in [6, 6.07) is 7.46. The zero-order chi connectivity index (χ0) is 12.3. The smallest absolute Gasteiger partial charge is 0.406 e. The molecule has 0 unspecified atom stereocenters. The largest absolute Gasteiger partial charge is 0.573 e. The molecule has 0 spiro atoms. The fraction of sp³-hybridized carbons (Fsp3) is 0.0909. The Labute approximate surface area is 99.7 Å². The van der Waals surface area contributed by atoms with E-state index in [9.17, 15) is 13.2 Å². The maximum atomic E-state index is 11.9. The summed E-state index contributed by atoms with van der Waals surface area (Å²) in [6.45, 7) is 0. The van der Waals surface area contributed by atoms with Crippen LogP contribution < -0.4 is 10.1 Å². The number of rotatable bonds is 3. The molecule has 6 heteroatoms. The maximum Gasteiger partial charge on any atom is 0.573 e. The van der Waals surface area contributed by atoms with E-state index in [1.165, 1.54) is 35.6 Å². The van der Waals surface area contributed by atoms with Crippen LogP contribution in [0.25, 0.3) is 0 Å². The van der Waals surface area contributed by atoms with Gasteiger partial charge in [-0.05, 0) is 35.7 Å². The van der Waals surface area contributed by atoms with Gasteiger partial charge in [0.15, 0.2) is 0 Å². The van der Waals surface area contributed by atoms with E-state index in [4.69, 9.17) is 0 Å². The molecule has 1 aromatic carbocycles. The fourth-order valence-corrected chi connectivity index (χ4v) is 1.83. The first-order valence-electron chi connectivity index (χ1n) is 4.68. The van der Waals surface area contributed by atoms with Crippen molar-refractivity contribution in [3.63, 3.8) is 0 Å². The molecular formula is C11H8F3NOS. The molecule has 1 N–H and O–H groups in total. The zero-order valence-electron chi connectivity index (χ0n) is 8.49. The predicted octanol–water partition coefficient (Wildman–Crippen LogP) is 4.39. The molecule has 0 atom stereocenters. The van der Waals surface area contributed by atoms with Crippen molar-refractivity contribution < 1.29 is 17.9 Å². The van der Waals surface area contributed by atoms with Crippen LogP contribution in [0.1, 0.15) is 0 Å². The Balaban J connectivity index is 2.03. The van der Waals surface area contributed by atoms with Crippen LogP contribution in [-0.4, -0.2) is 6.36 Å². The highest BCUT2D eigenvalue weighted by Crippen LogP contribution is 2.25. The number of nitrogens with one attached hydrogen (secondary N) is 1. The molecule has 0 aliphatic carbocycles. The highest BCUT2D eigenvalue weighted by atomic mass is 32.1. The molecule has 0 amide bonds. The molecule has 2 rings (SSSR count).